The normalized spacial score (nSPS) is 14.6. The van der Waals surface area contributed by atoms with E-state index < -0.39 is 51.3 Å². The van der Waals surface area contributed by atoms with Gasteiger partial charge in [-0.2, -0.15) is 17.6 Å². The van der Waals surface area contributed by atoms with Crippen molar-refractivity contribution in [2.24, 2.45) is 0 Å². The maximum Gasteiger partial charge on any atom is 0.343 e. The van der Waals surface area contributed by atoms with Gasteiger partial charge in [-0.25, -0.2) is 8.78 Å². The maximum atomic E-state index is 14.6. The quantitative estimate of drug-likeness (QED) is 0.163. The molecule has 0 saturated heterocycles. The SMILES string of the molecule is CCCCCc1ccc(OC)cc1.CCCc1ccc2c(c1F)C(F)(F)C(F)(F)c1c-2ccc(C=O)c1F. The second kappa shape index (κ2) is 12.0. The number of hydrogen-bond acceptors (Lipinski definition) is 2. The Bertz CT molecular complexity index is 1270. The van der Waals surface area contributed by atoms with Gasteiger partial charge in [-0.3, -0.25) is 4.79 Å². The smallest absolute Gasteiger partial charge is 0.343 e. The van der Waals surface area contributed by atoms with Crippen molar-refractivity contribution in [2.75, 3.05) is 7.11 Å². The van der Waals surface area contributed by atoms with Gasteiger partial charge in [0.05, 0.1) is 23.8 Å². The molecule has 1 aliphatic carbocycles. The third-order valence-electron chi connectivity index (χ3n) is 6.58. The van der Waals surface area contributed by atoms with Crippen LogP contribution in [0.5, 0.6) is 5.75 Å². The summed E-state index contributed by atoms with van der Waals surface area (Å²) in [6, 6.07) is 12.5. The molecule has 0 unspecified atom stereocenters. The van der Waals surface area contributed by atoms with Crippen LogP contribution < -0.4 is 4.74 Å². The van der Waals surface area contributed by atoms with Crippen LogP contribution in [0.2, 0.25) is 0 Å². The molecule has 0 aliphatic heterocycles. The Morgan fingerprint density at radius 2 is 1.32 bits per heavy atom. The Morgan fingerprint density at radius 3 is 1.84 bits per heavy atom. The van der Waals surface area contributed by atoms with Gasteiger partial charge in [-0.15, -0.1) is 0 Å². The maximum absolute atomic E-state index is 14.6. The molecule has 0 atom stereocenters. The molecule has 0 heterocycles. The number of carbonyl (C=O) groups excluding carboxylic acids is 1. The van der Waals surface area contributed by atoms with E-state index in [9.17, 15) is 31.1 Å². The summed E-state index contributed by atoms with van der Waals surface area (Å²) >= 11 is 0. The average molecular weight is 537 g/mol. The fourth-order valence-corrected chi connectivity index (χ4v) is 4.51. The lowest BCUT2D eigenvalue weighted by molar-refractivity contribution is -0.227. The first-order chi connectivity index (χ1) is 18.0. The molecule has 204 valence electrons. The first kappa shape index (κ1) is 29.3. The predicted octanol–water partition coefficient (Wildman–Crippen LogP) is 9.02. The number of fused-ring (bicyclic) bond motifs is 3. The number of hydrogen-bond donors (Lipinski definition) is 0. The van der Waals surface area contributed by atoms with E-state index >= 15 is 0 Å². The summed E-state index contributed by atoms with van der Waals surface area (Å²) < 4.78 is 91.8. The highest BCUT2D eigenvalue weighted by Gasteiger charge is 2.65. The van der Waals surface area contributed by atoms with E-state index in [0.717, 1.165) is 23.9 Å². The number of unbranched alkanes of at least 4 members (excludes halogenated alkanes) is 2. The van der Waals surface area contributed by atoms with Gasteiger partial charge >= 0.3 is 11.8 Å². The van der Waals surface area contributed by atoms with Crippen molar-refractivity contribution < 1.29 is 35.9 Å². The molecule has 0 amide bonds. The van der Waals surface area contributed by atoms with E-state index in [1.54, 1.807) is 14.0 Å². The van der Waals surface area contributed by atoms with Crippen LogP contribution in [0.25, 0.3) is 11.1 Å². The van der Waals surface area contributed by atoms with Crippen molar-refractivity contribution in [3.05, 3.63) is 88.0 Å². The van der Waals surface area contributed by atoms with Crippen molar-refractivity contribution >= 4 is 6.29 Å². The zero-order chi connectivity index (χ0) is 28.1. The molecule has 0 spiro atoms. The van der Waals surface area contributed by atoms with E-state index in [1.807, 2.05) is 12.1 Å². The van der Waals surface area contributed by atoms with Gasteiger partial charge in [0.15, 0.2) is 6.29 Å². The molecule has 4 rings (SSSR count). The Labute approximate surface area is 218 Å². The van der Waals surface area contributed by atoms with Crippen LogP contribution in [0.3, 0.4) is 0 Å². The number of halogens is 6. The fourth-order valence-electron chi connectivity index (χ4n) is 4.51. The summed E-state index contributed by atoms with van der Waals surface area (Å²) in [7, 11) is 1.70. The number of methoxy groups -OCH3 is 1. The molecular formula is C30H30F6O2. The van der Waals surface area contributed by atoms with Crippen LogP contribution in [-0.2, 0) is 24.7 Å². The lowest BCUT2D eigenvalue weighted by atomic mass is 9.78. The third-order valence-corrected chi connectivity index (χ3v) is 6.58. The number of aldehydes is 1. The molecule has 0 aromatic heterocycles. The van der Waals surface area contributed by atoms with E-state index in [1.165, 1.54) is 37.3 Å². The Morgan fingerprint density at radius 1 is 0.737 bits per heavy atom. The highest BCUT2D eigenvalue weighted by molar-refractivity contribution is 5.82. The van der Waals surface area contributed by atoms with Gasteiger partial charge in [-0.1, -0.05) is 63.4 Å². The minimum Gasteiger partial charge on any atom is -0.497 e. The molecule has 0 radical (unpaired) electrons. The Balaban J connectivity index is 0.000000260. The van der Waals surface area contributed by atoms with Crippen LogP contribution in [0.4, 0.5) is 26.3 Å². The van der Waals surface area contributed by atoms with Crippen molar-refractivity contribution in [1.29, 1.82) is 0 Å². The molecule has 3 aromatic carbocycles. The topological polar surface area (TPSA) is 26.3 Å². The van der Waals surface area contributed by atoms with Crippen LogP contribution in [-0.4, -0.2) is 13.4 Å². The zero-order valence-corrected chi connectivity index (χ0v) is 21.5. The van der Waals surface area contributed by atoms with E-state index in [-0.39, 0.29) is 18.3 Å². The summed E-state index contributed by atoms with van der Waals surface area (Å²) in [6.07, 6.45) is 5.60. The van der Waals surface area contributed by atoms with Crippen LogP contribution in [0.1, 0.15) is 72.1 Å². The minimum absolute atomic E-state index is 0.0374. The second-order valence-electron chi connectivity index (χ2n) is 9.17. The van der Waals surface area contributed by atoms with Gasteiger partial charge < -0.3 is 4.74 Å². The standard InChI is InChI=1S/C18H12F6O.C12H18O/c1-2-3-9-4-6-11-12-7-5-10(8-25)16(20)14(12)18(23,24)17(21,22)13(11)15(9)19;1-3-4-5-6-11-7-9-12(13-2)10-8-11/h4-8H,2-3H2,1H3;7-10H,3-6H2,1-2H3. The van der Waals surface area contributed by atoms with Gasteiger partial charge in [-0.05, 0) is 59.7 Å². The monoisotopic (exact) mass is 536 g/mol. The van der Waals surface area contributed by atoms with Crippen molar-refractivity contribution in [1.82, 2.24) is 0 Å². The number of carbonyl (C=O) groups is 1. The number of alkyl halides is 4. The lowest BCUT2D eigenvalue weighted by Gasteiger charge is -2.35. The molecule has 3 aromatic rings. The number of ether oxygens (including phenoxy) is 1. The van der Waals surface area contributed by atoms with Crippen molar-refractivity contribution in [2.45, 2.75) is 64.2 Å². The average Bonchev–Trinajstić information content (AvgIpc) is 2.89. The highest BCUT2D eigenvalue weighted by atomic mass is 19.3. The summed E-state index contributed by atoms with van der Waals surface area (Å²) in [6.45, 7) is 3.92. The van der Waals surface area contributed by atoms with E-state index in [2.05, 4.69) is 19.1 Å². The lowest BCUT2D eigenvalue weighted by Crippen LogP contribution is -2.41. The van der Waals surface area contributed by atoms with Gasteiger partial charge in [0, 0.05) is 0 Å². The third kappa shape index (κ3) is 5.45. The number of benzene rings is 3. The molecule has 1 aliphatic rings. The molecule has 0 fully saturated rings. The van der Waals surface area contributed by atoms with Gasteiger partial charge in [0.25, 0.3) is 0 Å². The minimum atomic E-state index is -5.00. The summed E-state index contributed by atoms with van der Waals surface area (Å²) in [5.41, 5.74) is -3.53. The number of aryl methyl sites for hydroxylation is 2. The molecule has 2 nitrogen and oxygen atoms in total. The first-order valence-corrected chi connectivity index (χ1v) is 12.5. The van der Waals surface area contributed by atoms with Crippen LogP contribution >= 0.6 is 0 Å². The summed E-state index contributed by atoms with van der Waals surface area (Å²) in [4.78, 5) is 10.8. The van der Waals surface area contributed by atoms with Gasteiger partial charge in [0.2, 0.25) is 0 Å². The summed E-state index contributed by atoms with van der Waals surface area (Å²) in [5.74, 6) is -12.1. The fraction of sp³-hybridized carbons (Fsp3) is 0.367. The second-order valence-corrected chi connectivity index (χ2v) is 9.17. The molecule has 38 heavy (non-hydrogen) atoms. The van der Waals surface area contributed by atoms with Crippen LogP contribution in [0, 0.1) is 11.6 Å². The van der Waals surface area contributed by atoms with Crippen LogP contribution in [0.15, 0.2) is 48.5 Å². The zero-order valence-electron chi connectivity index (χ0n) is 21.5. The Kier molecular flexibility index (Phi) is 9.28. The molecular weight excluding hydrogens is 506 g/mol. The molecule has 0 saturated carbocycles. The van der Waals surface area contributed by atoms with E-state index in [4.69, 9.17) is 4.74 Å². The largest absolute Gasteiger partial charge is 0.497 e. The predicted molar refractivity (Wildman–Crippen MR) is 135 cm³/mol. The molecule has 0 bridgehead atoms. The number of rotatable bonds is 8. The molecule has 0 N–H and O–H groups in total. The van der Waals surface area contributed by atoms with E-state index in [0.29, 0.717) is 6.42 Å². The summed E-state index contributed by atoms with van der Waals surface area (Å²) in [5, 5.41) is 0. The molecule has 8 heteroatoms. The first-order valence-electron chi connectivity index (χ1n) is 12.5. The van der Waals surface area contributed by atoms with Crippen molar-refractivity contribution in [3.8, 4) is 16.9 Å². The van der Waals surface area contributed by atoms with Crippen molar-refractivity contribution in [3.63, 3.8) is 0 Å². The van der Waals surface area contributed by atoms with Gasteiger partial charge in [0.1, 0.15) is 17.4 Å². The highest BCUT2D eigenvalue weighted by Crippen LogP contribution is 2.59. The Hall–Kier alpha value is -3.29.